The molecule has 0 N–H and O–H groups in total. The number of hydrogen-bond acceptors (Lipinski definition) is 4. The molecule has 1 saturated heterocycles. The highest BCUT2D eigenvalue weighted by Crippen LogP contribution is 2.35. The second kappa shape index (κ2) is 9.90. The van der Waals surface area contributed by atoms with Crippen LogP contribution in [-0.4, -0.2) is 16.0 Å². The number of benzene rings is 3. The summed E-state index contributed by atoms with van der Waals surface area (Å²) < 4.78 is 19.6. The molecule has 4 nitrogen and oxygen atoms in total. The van der Waals surface area contributed by atoms with Crippen molar-refractivity contribution in [1.29, 1.82) is 0 Å². The van der Waals surface area contributed by atoms with E-state index in [1.807, 2.05) is 30.3 Å². The molecule has 0 saturated carbocycles. The van der Waals surface area contributed by atoms with Gasteiger partial charge < -0.3 is 4.74 Å². The molecule has 8 heteroatoms. The van der Waals surface area contributed by atoms with Crippen LogP contribution in [0.2, 0.25) is 5.02 Å². The second-order valence-corrected chi connectivity index (χ2v) is 9.22. The smallest absolute Gasteiger partial charge is 0.293 e. The molecule has 1 fully saturated rings. The van der Waals surface area contributed by atoms with Gasteiger partial charge in [-0.3, -0.25) is 14.5 Å². The largest absolute Gasteiger partial charge is 0.488 e. The summed E-state index contributed by atoms with van der Waals surface area (Å²) in [6, 6.07) is 18.6. The molecule has 0 aromatic heterocycles. The number of carbonyl (C=O) groups is 2. The highest BCUT2D eigenvalue weighted by atomic mass is 79.9. The van der Waals surface area contributed by atoms with E-state index in [-0.39, 0.29) is 23.5 Å². The molecule has 3 aromatic carbocycles. The molecule has 0 aliphatic carbocycles. The Morgan fingerprint density at radius 2 is 1.81 bits per heavy atom. The van der Waals surface area contributed by atoms with E-state index < -0.39 is 0 Å². The Balaban J connectivity index is 1.45. The molecule has 0 spiro atoms. The maximum Gasteiger partial charge on any atom is 0.293 e. The highest BCUT2D eigenvalue weighted by Gasteiger charge is 2.35. The number of imide groups is 1. The minimum absolute atomic E-state index is 0.0980. The van der Waals surface area contributed by atoms with Crippen LogP contribution in [0.1, 0.15) is 16.7 Å². The van der Waals surface area contributed by atoms with Crippen molar-refractivity contribution in [3.8, 4) is 5.75 Å². The van der Waals surface area contributed by atoms with Crippen LogP contribution in [0, 0.1) is 5.82 Å². The van der Waals surface area contributed by atoms with E-state index in [0.717, 1.165) is 27.8 Å². The molecule has 0 bridgehead atoms. The molecular weight excluding hydrogens is 517 g/mol. The van der Waals surface area contributed by atoms with Gasteiger partial charge in [0.1, 0.15) is 18.2 Å². The fraction of sp³-hybridized carbons (Fsp3) is 0.0833. The fourth-order valence-electron chi connectivity index (χ4n) is 3.05. The standard InChI is InChI=1S/C24H16BrClFNO3S/c25-19-11-16(7-10-21(19)31-14-17-3-1-2-4-20(17)26)12-22-23(29)28(24(30)32-22)13-15-5-8-18(27)9-6-15/h1-12H,13-14H2/b22-12-. The molecule has 1 aliphatic rings. The predicted molar refractivity (Wildman–Crippen MR) is 128 cm³/mol. The van der Waals surface area contributed by atoms with Gasteiger partial charge in [-0.25, -0.2) is 4.39 Å². The summed E-state index contributed by atoms with van der Waals surface area (Å²) in [6.07, 6.45) is 1.66. The van der Waals surface area contributed by atoms with E-state index in [9.17, 15) is 14.0 Å². The normalized spacial score (nSPS) is 15.0. The van der Waals surface area contributed by atoms with E-state index >= 15 is 0 Å². The Hall–Kier alpha value is -2.61. The van der Waals surface area contributed by atoms with E-state index in [1.54, 1.807) is 30.3 Å². The number of amides is 2. The van der Waals surface area contributed by atoms with Crippen LogP contribution >= 0.6 is 39.3 Å². The first kappa shape index (κ1) is 22.6. The summed E-state index contributed by atoms with van der Waals surface area (Å²) in [5, 5.41) is 0.279. The summed E-state index contributed by atoms with van der Waals surface area (Å²) in [5.74, 6) is -0.112. The molecule has 3 aromatic rings. The van der Waals surface area contributed by atoms with Crippen LogP contribution in [0.4, 0.5) is 9.18 Å². The van der Waals surface area contributed by atoms with Crippen molar-refractivity contribution in [3.05, 3.63) is 104 Å². The van der Waals surface area contributed by atoms with Crippen LogP contribution in [0.3, 0.4) is 0 Å². The van der Waals surface area contributed by atoms with Crippen molar-refractivity contribution in [2.75, 3.05) is 0 Å². The van der Waals surface area contributed by atoms with Crippen molar-refractivity contribution in [3.63, 3.8) is 0 Å². The van der Waals surface area contributed by atoms with Gasteiger partial charge >= 0.3 is 0 Å². The number of thioether (sulfide) groups is 1. The first-order valence-corrected chi connectivity index (χ1v) is 11.5. The van der Waals surface area contributed by atoms with Gasteiger partial charge in [0.05, 0.1) is 15.9 Å². The van der Waals surface area contributed by atoms with Gasteiger partial charge in [-0.15, -0.1) is 0 Å². The van der Waals surface area contributed by atoms with Crippen molar-refractivity contribution in [1.82, 2.24) is 4.90 Å². The lowest BCUT2D eigenvalue weighted by Gasteiger charge is -2.12. The molecule has 1 heterocycles. The number of nitrogens with zero attached hydrogens (tertiary/aromatic N) is 1. The third-order valence-electron chi connectivity index (χ3n) is 4.72. The fourth-order valence-corrected chi connectivity index (χ4v) is 4.59. The summed E-state index contributed by atoms with van der Waals surface area (Å²) in [4.78, 5) is 26.5. The van der Waals surface area contributed by atoms with Crippen molar-refractivity contribution < 1.29 is 18.7 Å². The zero-order chi connectivity index (χ0) is 22.7. The topological polar surface area (TPSA) is 46.6 Å². The zero-order valence-corrected chi connectivity index (χ0v) is 19.7. The molecule has 0 unspecified atom stereocenters. The van der Waals surface area contributed by atoms with Crippen molar-refractivity contribution >= 4 is 56.5 Å². The highest BCUT2D eigenvalue weighted by molar-refractivity contribution is 9.10. The minimum Gasteiger partial charge on any atom is -0.488 e. The first-order chi connectivity index (χ1) is 15.4. The SMILES string of the molecule is O=C1S/C(=C\c2ccc(OCc3ccccc3Cl)c(Br)c2)C(=O)N1Cc1ccc(F)cc1. The van der Waals surface area contributed by atoms with E-state index in [2.05, 4.69) is 15.9 Å². The number of rotatable bonds is 6. The third-order valence-corrected chi connectivity index (χ3v) is 6.62. The summed E-state index contributed by atoms with van der Waals surface area (Å²) in [7, 11) is 0. The number of carbonyl (C=O) groups excluding carboxylic acids is 2. The molecule has 32 heavy (non-hydrogen) atoms. The molecule has 2 amide bonds. The molecule has 0 atom stereocenters. The molecule has 4 rings (SSSR count). The Morgan fingerprint density at radius 1 is 1.06 bits per heavy atom. The van der Waals surface area contributed by atoms with Crippen LogP contribution in [0.5, 0.6) is 5.75 Å². The first-order valence-electron chi connectivity index (χ1n) is 9.56. The molecule has 0 radical (unpaired) electrons. The third kappa shape index (κ3) is 5.23. The molecule has 162 valence electrons. The number of ether oxygens (including phenoxy) is 1. The maximum atomic E-state index is 13.1. The summed E-state index contributed by atoms with van der Waals surface area (Å²) in [6.45, 7) is 0.417. The second-order valence-electron chi connectivity index (χ2n) is 6.96. The maximum absolute atomic E-state index is 13.1. The summed E-state index contributed by atoms with van der Waals surface area (Å²) in [5.41, 5.74) is 2.30. The lowest BCUT2D eigenvalue weighted by molar-refractivity contribution is -0.123. The predicted octanol–water partition coefficient (Wildman–Crippen LogP) is 7.06. The van der Waals surface area contributed by atoms with Crippen molar-refractivity contribution in [2.45, 2.75) is 13.2 Å². The zero-order valence-electron chi connectivity index (χ0n) is 16.6. The van der Waals surface area contributed by atoms with E-state index in [1.165, 1.54) is 12.1 Å². The van der Waals surface area contributed by atoms with Gasteiger partial charge in [-0.1, -0.05) is 48.0 Å². The average Bonchev–Trinajstić information content (AvgIpc) is 3.03. The molecular formula is C24H16BrClFNO3S. The van der Waals surface area contributed by atoms with Crippen LogP contribution in [0.25, 0.3) is 6.08 Å². The van der Waals surface area contributed by atoms with Gasteiger partial charge in [0.15, 0.2) is 0 Å². The number of halogens is 3. The summed E-state index contributed by atoms with van der Waals surface area (Å²) >= 11 is 10.5. The Bertz CT molecular complexity index is 1220. The number of hydrogen-bond donors (Lipinski definition) is 0. The van der Waals surface area contributed by atoms with E-state index in [0.29, 0.717) is 32.3 Å². The quantitative estimate of drug-likeness (QED) is 0.319. The minimum atomic E-state index is -0.375. The lowest BCUT2D eigenvalue weighted by atomic mass is 10.2. The Morgan fingerprint density at radius 3 is 2.53 bits per heavy atom. The monoisotopic (exact) mass is 531 g/mol. The van der Waals surface area contributed by atoms with Gasteiger partial charge in [0.2, 0.25) is 0 Å². The van der Waals surface area contributed by atoms with Crippen LogP contribution in [0.15, 0.2) is 76.1 Å². The average molecular weight is 533 g/mol. The van der Waals surface area contributed by atoms with Gasteiger partial charge in [-0.05, 0) is 75.2 Å². The Kier molecular flexibility index (Phi) is 6.98. The molecule has 1 aliphatic heterocycles. The van der Waals surface area contributed by atoms with E-state index in [4.69, 9.17) is 16.3 Å². The van der Waals surface area contributed by atoms with Crippen LogP contribution < -0.4 is 4.74 Å². The van der Waals surface area contributed by atoms with Crippen LogP contribution in [-0.2, 0) is 17.9 Å². The lowest BCUT2D eigenvalue weighted by Crippen LogP contribution is -2.27. The van der Waals surface area contributed by atoms with Crippen molar-refractivity contribution in [2.24, 2.45) is 0 Å². The van der Waals surface area contributed by atoms with Gasteiger partial charge in [0.25, 0.3) is 11.1 Å². The van der Waals surface area contributed by atoms with Gasteiger partial charge in [0, 0.05) is 10.6 Å². The van der Waals surface area contributed by atoms with Gasteiger partial charge in [-0.2, -0.15) is 0 Å². The Labute approximate surface area is 202 Å².